The fourth-order valence-corrected chi connectivity index (χ4v) is 5.43. The van der Waals surface area contributed by atoms with E-state index in [1.54, 1.807) is 6.07 Å². The second-order valence-electron chi connectivity index (χ2n) is 10.2. The van der Waals surface area contributed by atoms with Gasteiger partial charge in [0.05, 0.1) is 5.02 Å². The zero-order valence-electron chi connectivity index (χ0n) is 20.4. The highest BCUT2D eigenvalue weighted by molar-refractivity contribution is 6.30. The molecule has 3 aromatic carbocycles. The van der Waals surface area contributed by atoms with Crippen molar-refractivity contribution >= 4 is 11.6 Å². The summed E-state index contributed by atoms with van der Waals surface area (Å²) in [6.45, 7) is 2.12. The number of benzene rings is 3. The van der Waals surface area contributed by atoms with Crippen molar-refractivity contribution in [3.8, 4) is 0 Å². The van der Waals surface area contributed by atoms with Crippen molar-refractivity contribution < 1.29 is 13.2 Å². The molecule has 35 heavy (non-hydrogen) atoms. The lowest BCUT2D eigenvalue weighted by atomic mass is 9.77. The SMILES string of the molecule is Cc1ccc(CC[C@H]2CC[C@H](CCc3cc(F)c(CCc4ccc(Cl)c(F)c4)c(F)c3)CC2)cc1. The second kappa shape index (κ2) is 12.1. The van der Waals surface area contributed by atoms with Crippen LogP contribution in [0.3, 0.4) is 0 Å². The number of rotatable bonds is 9. The van der Waals surface area contributed by atoms with Crippen LogP contribution in [-0.2, 0) is 25.7 Å². The maximum atomic E-state index is 14.7. The molecule has 4 heteroatoms. The Morgan fingerprint density at radius 1 is 0.629 bits per heavy atom. The molecular weight excluding hydrogens is 465 g/mol. The van der Waals surface area contributed by atoms with Crippen LogP contribution < -0.4 is 0 Å². The minimum atomic E-state index is -0.513. The first-order chi connectivity index (χ1) is 16.9. The Morgan fingerprint density at radius 2 is 1.14 bits per heavy atom. The third kappa shape index (κ3) is 7.36. The summed E-state index contributed by atoms with van der Waals surface area (Å²) in [7, 11) is 0. The first-order valence-electron chi connectivity index (χ1n) is 12.8. The minimum absolute atomic E-state index is 0.0474. The quantitative estimate of drug-likeness (QED) is 0.276. The van der Waals surface area contributed by atoms with Crippen molar-refractivity contribution in [2.45, 2.75) is 71.1 Å². The normalized spacial score (nSPS) is 18.1. The molecule has 0 atom stereocenters. The van der Waals surface area contributed by atoms with Crippen molar-refractivity contribution in [1.29, 1.82) is 0 Å². The Kier molecular flexibility index (Phi) is 8.94. The van der Waals surface area contributed by atoms with Crippen LogP contribution in [0.25, 0.3) is 0 Å². The van der Waals surface area contributed by atoms with Crippen molar-refractivity contribution in [3.05, 3.63) is 105 Å². The Morgan fingerprint density at radius 3 is 1.71 bits per heavy atom. The van der Waals surface area contributed by atoms with Crippen LogP contribution in [0.1, 0.15) is 66.3 Å². The minimum Gasteiger partial charge on any atom is -0.207 e. The molecule has 0 amide bonds. The van der Waals surface area contributed by atoms with Crippen LogP contribution in [-0.4, -0.2) is 0 Å². The molecule has 0 unspecified atom stereocenters. The Bertz CT molecular complexity index is 1090. The maximum Gasteiger partial charge on any atom is 0.142 e. The topological polar surface area (TPSA) is 0 Å². The molecule has 1 aliphatic carbocycles. The molecule has 0 aromatic heterocycles. The zero-order valence-corrected chi connectivity index (χ0v) is 21.2. The molecule has 4 rings (SSSR count). The smallest absolute Gasteiger partial charge is 0.142 e. The van der Waals surface area contributed by atoms with Crippen molar-refractivity contribution in [3.63, 3.8) is 0 Å². The highest BCUT2D eigenvalue weighted by Crippen LogP contribution is 2.34. The Balaban J connectivity index is 1.22. The van der Waals surface area contributed by atoms with E-state index in [1.165, 1.54) is 67.5 Å². The van der Waals surface area contributed by atoms with Crippen LogP contribution in [0.2, 0.25) is 5.02 Å². The van der Waals surface area contributed by atoms with E-state index in [1.807, 2.05) is 0 Å². The van der Waals surface area contributed by atoms with E-state index >= 15 is 0 Å². The number of hydrogen-bond donors (Lipinski definition) is 0. The van der Waals surface area contributed by atoms with Gasteiger partial charge in [0.25, 0.3) is 0 Å². The van der Waals surface area contributed by atoms with E-state index in [0.717, 1.165) is 24.3 Å². The maximum absolute atomic E-state index is 14.7. The molecule has 3 aromatic rings. The van der Waals surface area contributed by atoms with E-state index in [4.69, 9.17) is 11.6 Å². The molecule has 1 fully saturated rings. The molecule has 1 saturated carbocycles. The van der Waals surface area contributed by atoms with Gasteiger partial charge in [0.15, 0.2) is 0 Å². The Labute approximate surface area is 212 Å². The summed E-state index contributed by atoms with van der Waals surface area (Å²) in [5.41, 5.74) is 4.19. The average Bonchev–Trinajstić information content (AvgIpc) is 2.84. The van der Waals surface area contributed by atoms with Gasteiger partial charge in [-0.25, -0.2) is 13.2 Å². The van der Waals surface area contributed by atoms with E-state index in [2.05, 4.69) is 31.2 Å². The number of aryl methyl sites for hydroxylation is 4. The summed E-state index contributed by atoms with van der Waals surface area (Å²) < 4.78 is 43.0. The van der Waals surface area contributed by atoms with E-state index < -0.39 is 17.5 Å². The van der Waals surface area contributed by atoms with Gasteiger partial charge in [-0.2, -0.15) is 0 Å². The monoisotopic (exact) mass is 498 g/mol. The lowest BCUT2D eigenvalue weighted by molar-refractivity contribution is 0.253. The van der Waals surface area contributed by atoms with Gasteiger partial charge in [-0.05, 0) is 98.2 Å². The highest BCUT2D eigenvalue weighted by atomic mass is 35.5. The highest BCUT2D eigenvalue weighted by Gasteiger charge is 2.21. The van der Waals surface area contributed by atoms with Gasteiger partial charge >= 0.3 is 0 Å². The van der Waals surface area contributed by atoms with Gasteiger partial charge in [-0.1, -0.05) is 73.2 Å². The van der Waals surface area contributed by atoms with E-state index in [9.17, 15) is 13.2 Å². The van der Waals surface area contributed by atoms with Crippen LogP contribution in [0.5, 0.6) is 0 Å². The summed E-state index contributed by atoms with van der Waals surface area (Å²) in [5, 5.41) is 0.0474. The van der Waals surface area contributed by atoms with Crippen LogP contribution >= 0.6 is 11.6 Å². The van der Waals surface area contributed by atoms with Crippen molar-refractivity contribution in [2.75, 3.05) is 0 Å². The van der Waals surface area contributed by atoms with Crippen LogP contribution in [0.4, 0.5) is 13.2 Å². The van der Waals surface area contributed by atoms with E-state index in [0.29, 0.717) is 24.3 Å². The van der Waals surface area contributed by atoms with Gasteiger partial charge in [-0.15, -0.1) is 0 Å². The molecule has 0 heterocycles. The fourth-order valence-electron chi connectivity index (χ4n) is 5.31. The standard InChI is InChI=1S/C31H34ClF3/c1-21-2-4-22(5-3-21)6-7-23-8-10-24(11-9-23)12-13-26-19-29(33)27(30(34)20-26)16-14-25-15-17-28(32)31(35)18-25/h2-5,15,17-20,23-24H,6-14,16H2,1H3/t23-,24-. The van der Waals surface area contributed by atoms with Gasteiger partial charge < -0.3 is 0 Å². The van der Waals surface area contributed by atoms with E-state index in [-0.39, 0.29) is 17.0 Å². The predicted molar refractivity (Wildman–Crippen MR) is 138 cm³/mol. The summed E-state index contributed by atoms with van der Waals surface area (Å²) >= 11 is 5.70. The molecule has 0 nitrogen and oxygen atoms in total. The third-order valence-electron chi connectivity index (χ3n) is 7.62. The van der Waals surface area contributed by atoms with Gasteiger partial charge in [0.2, 0.25) is 0 Å². The molecule has 1 aliphatic rings. The summed E-state index contributed by atoms with van der Waals surface area (Å²) in [6, 6.07) is 16.3. The molecule has 0 spiro atoms. The van der Waals surface area contributed by atoms with Gasteiger partial charge in [0.1, 0.15) is 17.5 Å². The van der Waals surface area contributed by atoms with Crippen LogP contribution in [0.15, 0.2) is 54.6 Å². The number of halogens is 4. The molecule has 0 saturated heterocycles. The lowest BCUT2D eigenvalue weighted by Gasteiger charge is -2.28. The third-order valence-corrected chi connectivity index (χ3v) is 7.92. The molecule has 0 aliphatic heterocycles. The molecule has 186 valence electrons. The molecule has 0 radical (unpaired) electrons. The largest absolute Gasteiger partial charge is 0.207 e. The summed E-state index contributed by atoms with van der Waals surface area (Å²) in [4.78, 5) is 0. The average molecular weight is 499 g/mol. The second-order valence-corrected chi connectivity index (χ2v) is 10.6. The summed E-state index contributed by atoms with van der Waals surface area (Å²) in [6.07, 6.45) is 9.54. The van der Waals surface area contributed by atoms with Crippen LogP contribution in [0, 0.1) is 36.2 Å². The Hall–Kier alpha value is -2.26. The first kappa shape index (κ1) is 25.8. The van der Waals surface area contributed by atoms with Gasteiger partial charge in [-0.3, -0.25) is 0 Å². The predicted octanol–water partition coefficient (Wildman–Crippen LogP) is 9.22. The van der Waals surface area contributed by atoms with Gasteiger partial charge in [0, 0.05) is 5.56 Å². The van der Waals surface area contributed by atoms with Crippen molar-refractivity contribution in [1.82, 2.24) is 0 Å². The number of hydrogen-bond acceptors (Lipinski definition) is 0. The molecular formula is C31H34ClF3. The summed E-state index contributed by atoms with van der Waals surface area (Å²) in [5.74, 6) is -0.101. The fraction of sp³-hybridized carbons (Fsp3) is 0.419. The van der Waals surface area contributed by atoms with Crippen molar-refractivity contribution in [2.24, 2.45) is 11.8 Å². The first-order valence-corrected chi connectivity index (χ1v) is 13.2. The molecule has 0 N–H and O–H groups in total. The molecule has 0 bridgehead atoms. The zero-order chi connectivity index (χ0) is 24.8. The lowest BCUT2D eigenvalue weighted by Crippen LogP contribution is -2.16.